The molecule has 53 heavy (non-hydrogen) atoms. The minimum absolute atomic E-state index is 0.0771. The van der Waals surface area contributed by atoms with Gasteiger partial charge in [-0.25, -0.2) is 0 Å². The Morgan fingerprint density at radius 2 is 1.47 bits per heavy atom. The zero-order chi connectivity index (χ0) is 39.1. The monoisotopic (exact) mass is 764 g/mol. The molecule has 0 aliphatic heterocycles. The third kappa shape index (κ3) is 10.3. The third-order valence-corrected chi connectivity index (χ3v) is 8.99. The summed E-state index contributed by atoms with van der Waals surface area (Å²) in [6.45, 7) is 0.424. The van der Waals surface area contributed by atoms with E-state index in [2.05, 4.69) is 16.0 Å². The molecule has 1 aliphatic carbocycles. The zero-order valence-electron chi connectivity index (χ0n) is 28.9. The number of carbonyl (C=O) groups excluding carboxylic acids is 5. The summed E-state index contributed by atoms with van der Waals surface area (Å²) in [4.78, 5) is 66.8. The molecule has 4 amide bonds. The SMILES string of the molecule is COc1ccc([C@H](NC(=O)[C@H](Cc2cccc(Cl)c2)NC(=O)C2(c3ccccc3)CC2)C(=O)N[C@H](C(=O)C(F)(F)C(=O)NCC(F)(F)F)C(C)C)cc1. The van der Waals surface area contributed by atoms with Crippen molar-refractivity contribution in [1.82, 2.24) is 21.3 Å². The maximum atomic E-state index is 14.9. The average Bonchev–Trinajstić information content (AvgIpc) is 3.93. The molecule has 4 N–H and O–H groups in total. The fourth-order valence-corrected chi connectivity index (χ4v) is 5.86. The van der Waals surface area contributed by atoms with Crippen molar-refractivity contribution in [1.29, 1.82) is 0 Å². The van der Waals surface area contributed by atoms with Crippen molar-refractivity contribution in [3.8, 4) is 5.75 Å². The Morgan fingerprint density at radius 1 is 0.830 bits per heavy atom. The van der Waals surface area contributed by atoms with Gasteiger partial charge in [0.1, 0.15) is 24.4 Å². The van der Waals surface area contributed by atoms with Crippen LogP contribution in [0.25, 0.3) is 0 Å². The standard InChI is InChI=1S/C37H38ClF5N4O6/c1-21(2)28(30(48)37(42,43)34(52)44-20-36(39,40)41)46-32(50)29(23-12-14-26(53-3)15-13-23)47-31(49)27(19-22-8-7-11-25(38)18-22)45-33(51)35(16-17-35)24-9-5-4-6-10-24/h4-15,18,21,27-29H,16-17,19-20H2,1-3H3,(H,44,52)(H,45,51)(H,46,50)(H,47,49)/t27-,28-,29-/m0/s1. The quantitative estimate of drug-likeness (QED) is 0.120. The van der Waals surface area contributed by atoms with Gasteiger partial charge in [0, 0.05) is 11.4 Å². The normalized spacial score (nSPS) is 15.4. The maximum Gasteiger partial charge on any atom is 0.405 e. The maximum absolute atomic E-state index is 14.9. The van der Waals surface area contributed by atoms with Crippen molar-refractivity contribution >= 4 is 41.0 Å². The Morgan fingerprint density at radius 3 is 2.02 bits per heavy atom. The number of hydrogen-bond acceptors (Lipinski definition) is 6. The van der Waals surface area contributed by atoms with Gasteiger partial charge in [0.15, 0.2) is 0 Å². The number of halogens is 6. The Labute approximate surface area is 307 Å². The first-order valence-electron chi connectivity index (χ1n) is 16.5. The van der Waals surface area contributed by atoms with Gasteiger partial charge in [-0.2, -0.15) is 22.0 Å². The number of nitrogens with one attached hydrogen (secondary N) is 4. The molecule has 1 saturated carbocycles. The summed E-state index contributed by atoms with van der Waals surface area (Å²) in [6, 6.07) is 16.2. The van der Waals surface area contributed by atoms with Gasteiger partial charge in [0.2, 0.25) is 23.5 Å². The second-order valence-electron chi connectivity index (χ2n) is 13.0. The van der Waals surface area contributed by atoms with Gasteiger partial charge in [0.25, 0.3) is 5.91 Å². The summed E-state index contributed by atoms with van der Waals surface area (Å²) in [6.07, 6.45) is -4.06. The molecule has 284 valence electrons. The Kier molecular flexibility index (Phi) is 12.9. The van der Waals surface area contributed by atoms with Crippen LogP contribution in [0.2, 0.25) is 5.02 Å². The molecule has 1 aliphatic rings. The van der Waals surface area contributed by atoms with E-state index in [9.17, 15) is 45.9 Å². The van der Waals surface area contributed by atoms with Gasteiger partial charge in [-0.15, -0.1) is 0 Å². The summed E-state index contributed by atoms with van der Waals surface area (Å²) in [5.74, 6) is -12.8. The predicted molar refractivity (Wildman–Crippen MR) is 184 cm³/mol. The van der Waals surface area contributed by atoms with E-state index in [0.29, 0.717) is 29.2 Å². The molecule has 0 heterocycles. The number of benzene rings is 3. The summed E-state index contributed by atoms with van der Waals surface area (Å²) in [5, 5.41) is 8.88. The first kappa shape index (κ1) is 40.7. The first-order valence-corrected chi connectivity index (χ1v) is 16.9. The van der Waals surface area contributed by atoms with Crippen LogP contribution in [-0.4, -0.2) is 67.2 Å². The molecule has 0 spiro atoms. The highest BCUT2D eigenvalue weighted by molar-refractivity contribution is 6.30. The minimum Gasteiger partial charge on any atom is -0.497 e. The number of alkyl halides is 5. The van der Waals surface area contributed by atoms with Crippen LogP contribution < -0.4 is 26.0 Å². The van der Waals surface area contributed by atoms with Crippen LogP contribution >= 0.6 is 11.6 Å². The number of ether oxygens (including phenoxy) is 1. The molecule has 16 heteroatoms. The molecule has 0 bridgehead atoms. The molecule has 0 saturated heterocycles. The van der Waals surface area contributed by atoms with Crippen LogP contribution in [0.1, 0.15) is 49.4 Å². The lowest BCUT2D eigenvalue weighted by molar-refractivity contribution is -0.165. The topological polar surface area (TPSA) is 143 Å². The Hall–Kier alpha value is -5.05. The number of carbonyl (C=O) groups is 5. The van der Waals surface area contributed by atoms with Gasteiger partial charge >= 0.3 is 12.1 Å². The molecule has 1 fully saturated rings. The van der Waals surface area contributed by atoms with Gasteiger partial charge in [-0.3, -0.25) is 24.0 Å². The van der Waals surface area contributed by atoms with Crippen LogP contribution in [0.5, 0.6) is 5.75 Å². The van der Waals surface area contributed by atoms with E-state index in [4.69, 9.17) is 16.3 Å². The lowest BCUT2D eigenvalue weighted by atomic mass is 9.93. The highest BCUT2D eigenvalue weighted by Gasteiger charge is 2.53. The van der Waals surface area contributed by atoms with Gasteiger partial charge in [-0.05, 0) is 59.7 Å². The second-order valence-corrected chi connectivity index (χ2v) is 13.4. The highest BCUT2D eigenvalue weighted by atomic mass is 35.5. The molecule has 0 aromatic heterocycles. The van der Waals surface area contributed by atoms with Crippen LogP contribution in [0.3, 0.4) is 0 Å². The van der Waals surface area contributed by atoms with Crippen molar-refractivity contribution in [3.63, 3.8) is 0 Å². The number of ketones is 1. The van der Waals surface area contributed by atoms with Crippen molar-refractivity contribution in [2.75, 3.05) is 13.7 Å². The van der Waals surface area contributed by atoms with Gasteiger partial charge < -0.3 is 26.0 Å². The number of amides is 4. The minimum atomic E-state index is -5.03. The van der Waals surface area contributed by atoms with E-state index >= 15 is 0 Å². The van der Waals surface area contributed by atoms with Crippen molar-refractivity contribution < 1.29 is 50.7 Å². The fourth-order valence-electron chi connectivity index (χ4n) is 5.64. The van der Waals surface area contributed by atoms with Crippen molar-refractivity contribution in [2.24, 2.45) is 5.92 Å². The zero-order valence-corrected chi connectivity index (χ0v) is 29.6. The molecule has 3 atom stereocenters. The Bertz CT molecular complexity index is 1800. The predicted octanol–water partition coefficient (Wildman–Crippen LogP) is 4.99. The van der Waals surface area contributed by atoms with Gasteiger partial charge in [0.05, 0.1) is 18.6 Å². The van der Waals surface area contributed by atoms with E-state index in [-0.39, 0.29) is 12.0 Å². The Balaban J connectivity index is 1.64. The average molecular weight is 765 g/mol. The summed E-state index contributed by atoms with van der Waals surface area (Å²) in [7, 11) is 1.38. The molecule has 4 rings (SSSR count). The van der Waals surface area contributed by atoms with Gasteiger partial charge in [-0.1, -0.05) is 80.0 Å². The second kappa shape index (κ2) is 16.7. The molecule has 3 aromatic carbocycles. The summed E-state index contributed by atoms with van der Waals surface area (Å²) in [5.41, 5.74) is 0.535. The highest BCUT2D eigenvalue weighted by Crippen LogP contribution is 2.48. The molecule has 0 unspecified atom stereocenters. The van der Waals surface area contributed by atoms with Crippen LogP contribution in [0.15, 0.2) is 78.9 Å². The fraction of sp³-hybridized carbons (Fsp3) is 0.378. The first-order chi connectivity index (χ1) is 24.9. The number of methoxy groups -OCH3 is 1. The molecular weight excluding hydrogens is 727 g/mol. The molecule has 3 aromatic rings. The van der Waals surface area contributed by atoms with Crippen LogP contribution in [-0.2, 0) is 35.8 Å². The van der Waals surface area contributed by atoms with E-state index in [1.54, 1.807) is 54.6 Å². The lowest BCUT2D eigenvalue weighted by Gasteiger charge is -2.29. The van der Waals surface area contributed by atoms with E-state index in [1.807, 2.05) is 0 Å². The van der Waals surface area contributed by atoms with Crippen LogP contribution in [0, 0.1) is 5.92 Å². The molecular formula is C37H38ClF5N4O6. The third-order valence-electron chi connectivity index (χ3n) is 8.75. The van der Waals surface area contributed by atoms with Crippen molar-refractivity contribution in [3.05, 3.63) is 101 Å². The van der Waals surface area contributed by atoms with E-state index in [0.717, 1.165) is 10.9 Å². The summed E-state index contributed by atoms with van der Waals surface area (Å²) >= 11 is 6.19. The van der Waals surface area contributed by atoms with Crippen LogP contribution in [0.4, 0.5) is 22.0 Å². The molecule has 10 nitrogen and oxygen atoms in total. The number of rotatable bonds is 16. The van der Waals surface area contributed by atoms with E-state index < -0.39 is 77.5 Å². The smallest absolute Gasteiger partial charge is 0.405 e. The number of hydrogen-bond donors (Lipinski definition) is 4. The number of Topliss-reactive ketones (excluding diaryl/α,β-unsaturated/α-hetero) is 1. The lowest BCUT2D eigenvalue weighted by Crippen LogP contribution is -2.59. The molecule has 0 radical (unpaired) electrons. The largest absolute Gasteiger partial charge is 0.497 e. The van der Waals surface area contributed by atoms with E-state index in [1.165, 1.54) is 45.2 Å². The van der Waals surface area contributed by atoms with Crippen molar-refractivity contribution in [2.45, 2.75) is 68.7 Å². The summed E-state index contributed by atoms with van der Waals surface area (Å²) < 4.78 is 72.8.